The van der Waals surface area contributed by atoms with Gasteiger partial charge in [0, 0.05) is 55.2 Å². The van der Waals surface area contributed by atoms with E-state index in [-0.39, 0.29) is 0 Å². The van der Waals surface area contributed by atoms with Crippen molar-refractivity contribution in [3.63, 3.8) is 0 Å². The van der Waals surface area contributed by atoms with Crippen molar-refractivity contribution in [1.29, 1.82) is 0 Å². The Morgan fingerprint density at radius 3 is 1.06 bits per heavy atom. The molecule has 0 amide bonds. The SMILES string of the molecule is C[C@@H]1CO[C@@]2(C)Oc3c(c4c(c5c3C[C@H]3[C@H](C)CO[C@@]3(C)O5)C[C@H]3[C@H](C)CO[C@@]3(C)O4)C[C@@H]12. The average Bonchev–Trinajstić information content (AvgIpc) is 3.35. The highest BCUT2D eigenvalue weighted by atomic mass is 16.7. The minimum absolute atomic E-state index is 0.299. The van der Waals surface area contributed by atoms with Crippen LogP contribution in [0.4, 0.5) is 0 Å². The molecule has 3 fully saturated rings. The third-order valence-electron chi connectivity index (χ3n) is 9.81. The van der Waals surface area contributed by atoms with Crippen molar-refractivity contribution >= 4 is 0 Å². The van der Waals surface area contributed by atoms with Crippen LogP contribution in [0.15, 0.2) is 0 Å². The Balaban J connectivity index is 1.44. The Morgan fingerprint density at radius 1 is 0.515 bits per heavy atom. The van der Waals surface area contributed by atoms with Gasteiger partial charge in [0.2, 0.25) is 17.4 Å². The fourth-order valence-corrected chi connectivity index (χ4v) is 7.64. The predicted molar refractivity (Wildman–Crippen MR) is 120 cm³/mol. The summed E-state index contributed by atoms with van der Waals surface area (Å²) in [5, 5.41) is 0. The molecule has 9 atom stereocenters. The van der Waals surface area contributed by atoms with Gasteiger partial charge in [-0.25, -0.2) is 0 Å². The Bertz CT molecular complexity index is 888. The molecule has 6 heterocycles. The third-order valence-corrected chi connectivity index (χ3v) is 9.81. The normalized spacial score (nSPS) is 48.9. The third kappa shape index (κ3) is 2.61. The lowest BCUT2D eigenvalue weighted by atomic mass is 9.74. The van der Waals surface area contributed by atoms with Gasteiger partial charge in [0.25, 0.3) is 0 Å². The van der Waals surface area contributed by atoms with Crippen LogP contribution in [0.2, 0.25) is 0 Å². The number of rotatable bonds is 0. The van der Waals surface area contributed by atoms with E-state index in [1.807, 2.05) is 0 Å². The monoisotopic (exact) mass is 456 g/mol. The van der Waals surface area contributed by atoms with Crippen LogP contribution in [-0.4, -0.2) is 37.2 Å². The first kappa shape index (κ1) is 20.8. The molecular weight excluding hydrogens is 420 g/mol. The van der Waals surface area contributed by atoms with E-state index in [2.05, 4.69) is 41.5 Å². The summed E-state index contributed by atoms with van der Waals surface area (Å²) in [5.74, 6) is 3.16. The van der Waals surface area contributed by atoms with Gasteiger partial charge in [-0.15, -0.1) is 0 Å². The topological polar surface area (TPSA) is 55.4 Å². The highest BCUT2D eigenvalue weighted by molar-refractivity contribution is 5.66. The second-order valence-electron chi connectivity index (χ2n) is 12.1. The van der Waals surface area contributed by atoms with Crippen LogP contribution in [0.5, 0.6) is 17.2 Å². The summed E-state index contributed by atoms with van der Waals surface area (Å²) in [6.07, 6.45) is 2.69. The quantitative estimate of drug-likeness (QED) is 0.574. The molecule has 0 unspecified atom stereocenters. The molecule has 0 aliphatic carbocycles. The molecule has 0 spiro atoms. The summed E-state index contributed by atoms with van der Waals surface area (Å²) in [7, 11) is 0. The van der Waals surface area contributed by atoms with Crippen molar-refractivity contribution in [2.24, 2.45) is 35.5 Å². The molecular formula is C27H36O6. The lowest BCUT2D eigenvalue weighted by molar-refractivity contribution is -0.181. The molecule has 0 radical (unpaired) electrons. The van der Waals surface area contributed by atoms with E-state index in [0.717, 1.165) is 56.3 Å². The minimum atomic E-state index is -0.605. The molecule has 1 aromatic rings. The molecule has 0 aromatic heterocycles. The van der Waals surface area contributed by atoms with Gasteiger partial charge >= 0.3 is 0 Å². The fourth-order valence-electron chi connectivity index (χ4n) is 7.64. The van der Waals surface area contributed by atoms with Gasteiger partial charge in [-0.1, -0.05) is 20.8 Å². The molecule has 6 heteroatoms. The van der Waals surface area contributed by atoms with Crippen LogP contribution < -0.4 is 14.2 Å². The van der Waals surface area contributed by atoms with Crippen molar-refractivity contribution in [3.8, 4) is 17.2 Å². The summed E-state index contributed by atoms with van der Waals surface area (Å²) in [5.41, 5.74) is 3.56. The first-order valence-electron chi connectivity index (χ1n) is 12.8. The molecule has 3 saturated heterocycles. The molecule has 7 rings (SSSR count). The second-order valence-corrected chi connectivity index (χ2v) is 12.1. The van der Waals surface area contributed by atoms with Gasteiger partial charge in [0.05, 0.1) is 19.8 Å². The molecule has 0 N–H and O–H groups in total. The maximum atomic E-state index is 6.80. The van der Waals surface area contributed by atoms with Crippen LogP contribution in [0, 0.1) is 35.5 Å². The van der Waals surface area contributed by atoms with Crippen LogP contribution in [-0.2, 0) is 33.5 Å². The highest BCUT2D eigenvalue weighted by Crippen LogP contribution is 2.60. The van der Waals surface area contributed by atoms with E-state index in [1.165, 1.54) is 16.7 Å². The van der Waals surface area contributed by atoms with Gasteiger partial charge in [0.1, 0.15) is 17.2 Å². The Hall–Kier alpha value is -1.50. The lowest BCUT2D eigenvalue weighted by Crippen LogP contribution is -2.49. The van der Waals surface area contributed by atoms with E-state index >= 15 is 0 Å². The van der Waals surface area contributed by atoms with Gasteiger partial charge in [0.15, 0.2) is 0 Å². The largest absolute Gasteiger partial charge is 0.461 e. The first-order valence-corrected chi connectivity index (χ1v) is 12.8. The van der Waals surface area contributed by atoms with Gasteiger partial charge in [-0.3, -0.25) is 0 Å². The zero-order valence-electron chi connectivity index (χ0n) is 20.7. The lowest BCUT2D eigenvalue weighted by Gasteiger charge is -2.47. The Labute approximate surface area is 196 Å². The molecule has 6 nitrogen and oxygen atoms in total. The standard InChI is InChI=1S/C27H36O6/c1-13-10-28-25(4)19(13)7-16-22(31-25)17-8-20-14(2)12-30-27(20,6)33-24(17)18-9-21-15(3)11-29-26(21,5)32-23(16)18/h13-15,19-21H,7-12H2,1-6H3/t13-,14-,15-,19+,20+,21+,25+,26+,27+/m1/s1. The zero-order valence-corrected chi connectivity index (χ0v) is 20.7. The molecule has 0 bridgehead atoms. The average molecular weight is 457 g/mol. The smallest absolute Gasteiger partial charge is 0.211 e. The summed E-state index contributed by atoms with van der Waals surface area (Å²) in [6, 6.07) is 0. The van der Waals surface area contributed by atoms with Crippen molar-refractivity contribution in [2.75, 3.05) is 19.8 Å². The predicted octanol–water partition coefficient (Wildman–Crippen LogP) is 4.49. The Kier molecular flexibility index (Phi) is 4.03. The Morgan fingerprint density at radius 2 is 0.788 bits per heavy atom. The highest BCUT2D eigenvalue weighted by Gasteiger charge is 2.58. The van der Waals surface area contributed by atoms with E-state index < -0.39 is 17.4 Å². The molecule has 6 aliphatic heterocycles. The summed E-state index contributed by atoms with van der Waals surface area (Å²) < 4.78 is 39.1. The van der Waals surface area contributed by atoms with Crippen LogP contribution in [0.1, 0.15) is 58.2 Å². The molecule has 1 aromatic carbocycles. The first-order chi connectivity index (χ1) is 15.6. The number of ether oxygens (including phenoxy) is 6. The summed E-state index contributed by atoms with van der Waals surface area (Å²) >= 11 is 0. The van der Waals surface area contributed by atoms with Crippen LogP contribution in [0.25, 0.3) is 0 Å². The van der Waals surface area contributed by atoms with E-state index in [0.29, 0.717) is 35.5 Å². The maximum Gasteiger partial charge on any atom is 0.211 e. The maximum absolute atomic E-state index is 6.80. The van der Waals surface area contributed by atoms with Gasteiger partial charge < -0.3 is 28.4 Å². The number of fused-ring (bicyclic) bond motifs is 9. The fraction of sp³-hybridized carbons (Fsp3) is 0.778. The summed E-state index contributed by atoms with van der Waals surface area (Å²) in [4.78, 5) is 0. The van der Waals surface area contributed by atoms with Crippen LogP contribution >= 0.6 is 0 Å². The van der Waals surface area contributed by atoms with Gasteiger partial charge in [-0.2, -0.15) is 0 Å². The van der Waals surface area contributed by atoms with E-state index in [1.54, 1.807) is 0 Å². The zero-order chi connectivity index (χ0) is 22.9. The van der Waals surface area contributed by atoms with Crippen molar-refractivity contribution in [1.82, 2.24) is 0 Å². The number of benzene rings is 1. The molecule has 180 valence electrons. The van der Waals surface area contributed by atoms with Gasteiger partial charge in [-0.05, 0) is 37.0 Å². The van der Waals surface area contributed by atoms with E-state index in [4.69, 9.17) is 28.4 Å². The molecule has 33 heavy (non-hydrogen) atoms. The molecule has 0 saturated carbocycles. The second kappa shape index (κ2) is 6.38. The van der Waals surface area contributed by atoms with Crippen LogP contribution in [0.3, 0.4) is 0 Å². The summed E-state index contributed by atoms with van der Waals surface area (Å²) in [6.45, 7) is 15.3. The number of hydrogen-bond donors (Lipinski definition) is 0. The van der Waals surface area contributed by atoms with Crippen molar-refractivity contribution < 1.29 is 28.4 Å². The minimum Gasteiger partial charge on any atom is -0.461 e. The molecule has 6 aliphatic rings. The van der Waals surface area contributed by atoms with E-state index in [9.17, 15) is 0 Å². The number of hydrogen-bond acceptors (Lipinski definition) is 6. The van der Waals surface area contributed by atoms with Crippen molar-refractivity contribution in [3.05, 3.63) is 16.7 Å². The van der Waals surface area contributed by atoms with Crippen molar-refractivity contribution in [2.45, 2.75) is 78.2 Å².